The highest BCUT2D eigenvalue weighted by Gasteiger charge is 2.19. The molecular formula is C30H30N2O. The lowest BCUT2D eigenvalue weighted by atomic mass is 9.82. The van der Waals surface area contributed by atoms with Gasteiger partial charge in [0.25, 0.3) is 0 Å². The van der Waals surface area contributed by atoms with Crippen LogP contribution in [-0.4, -0.2) is 9.97 Å². The van der Waals surface area contributed by atoms with Crippen LogP contribution in [0.3, 0.4) is 0 Å². The molecule has 0 bridgehead atoms. The van der Waals surface area contributed by atoms with Crippen molar-refractivity contribution in [2.45, 2.75) is 46.5 Å². The lowest BCUT2D eigenvalue weighted by Crippen LogP contribution is -2.12. The molecule has 0 aliphatic carbocycles. The van der Waals surface area contributed by atoms with Crippen LogP contribution in [0.2, 0.25) is 0 Å². The summed E-state index contributed by atoms with van der Waals surface area (Å²) >= 11 is 0. The number of fused-ring (bicyclic) bond motifs is 2. The van der Waals surface area contributed by atoms with Gasteiger partial charge in [-0.2, -0.15) is 0 Å². The summed E-state index contributed by atoms with van der Waals surface area (Å²) in [6, 6.07) is 23.6. The fourth-order valence-corrected chi connectivity index (χ4v) is 4.50. The van der Waals surface area contributed by atoms with E-state index in [9.17, 15) is 0 Å². The van der Waals surface area contributed by atoms with Gasteiger partial charge in [-0.05, 0) is 58.0 Å². The quantitative estimate of drug-likeness (QED) is 0.286. The van der Waals surface area contributed by atoms with Gasteiger partial charge in [-0.15, -0.1) is 0 Å². The smallest absolute Gasteiger partial charge is 0.134 e. The number of nitrogens with zero attached hydrogens (tertiary/aromatic N) is 2. The Kier molecular flexibility index (Phi) is 5.28. The predicted molar refractivity (Wildman–Crippen MR) is 137 cm³/mol. The summed E-state index contributed by atoms with van der Waals surface area (Å²) in [5.41, 5.74) is 6.23. The first kappa shape index (κ1) is 21.4. The van der Waals surface area contributed by atoms with Crippen molar-refractivity contribution in [3.05, 3.63) is 84.4 Å². The van der Waals surface area contributed by atoms with Crippen LogP contribution in [0, 0.1) is 5.92 Å². The Morgan fingerprint density at radius 3 is 2.30 bits per heavy atom. The van der Waals surface area contributed by atoms with Gasteiger partial charge in [-0.25, -0.2) is 9.97 Å². The van der Waals surface area contributed by atoms with Crippen LogP contribution in [0.1, 0.15) is 45.9 Å². The average molecular weight is 435 g/mol. The summed E-state index contributed by atoms with van der Waals surface area (Å²) in [6.45, 7) is 11.2. The van der Waals surface area contributed by atoms with E-state index in [1.54, 1.807) is 6.33 Å². The highest BCUT2D eigenvalue weighted by atomic mass is 16.3. The van der Waals surface area contributed by atoms with Gasteiger partial charge in [0, 0.05) is 22.9 Å². The minimum atomic E-state index is 0.0312. The summed E-state index contributed by atoms with van der Waals surface area (Å²) in [5.74, 6) is 1.60. The van der Waals surface area contributed by atoms with Crippen LogP contribution >= 0.6 is 0 Å². The van der Waals surface area contributed by atoms with Gasteiger partial charge >= 0.3 is 0 Å². The van der Waals surface area contributed by atoms with Gasteiger partial charge in [0.15, 0.2) is 0 Å². The normalized spacial score (nSPS) is 12.2. The molecule has 0 saturated carbocycles. The van der Waals surface area contributed by atoms with E-state index < -0.39 is 0 Å². The van der Waals surface area contributed by atoms with Gasteiger partial charge in [0.05, 0.1) is 11.4 Å². The number of benzene rings is 3. The number of rotatable bonds is 4. The van der Waals surface area contributed by atoms with Crippen LogP contribution < -0.4 is 0 Å². The van der Waals surface area contributed by atoms with E-state index in [1.807, 2.05) is 0 Å². The molecule has 0 amide bonds. The fraction of sp³-hybridized carbons (Fsp3) is 0.267. The Balaban J connectivity index is 1.58. The predicted octanol–water partition coefficient (Wildman–Crippen LogP) is 8.21. The summed E-state index contributed by atoms with van der Waals surface area (Å²) in [4.78, 5) is 9.21. The summed E-state index contributed by atoms with van der Waals surface area (Å²) in [5, 5.41) is 3.66. The average Bonchev–Trinajstić information content (AvgIpc) is 3.18. The zero-order valence-electron chi connectivity index (χ0n) is 20.0. The van der Waals surface area contributed by atoms with Gasteiger partial charge < -0.3 is 4.42 Å². The van der Waals surface area contributed by atoms with Crippen LogP contribution in [0.5, 0.6) is 0 Å². The number of furan rings is 1. The Morgan fingerprint density at radius 2 is 1.55 bits per heavy atom. The molecule has 2 aromatic heterocycles. The molecular weight excluding hydrogens is 404 g/mol. The molecule has 0 saturated heterocycles. The molecule has 0 spiro atoms. The van der Waals surface area contributed by atoms with Crippen LogP contribution in [-0.2, 0) is 11.8 Å². The maximum atomic E-state index is 6.11. The molecule has 2 heterocycles. The largest absolute Gasteiger partial charge is 0.461 e. The molecule has 0 N–H and O–H groups in total. The molecule has 0 unspecified atom stereocenters. The third-order valence-corrected chi connectivity index (χ3v) is 6.11. The van der Waals surface area contributed by atoms with Crippen molar-refractivity contribution in [2.75, 3.05) is 0 Å². The second kappa shape index (κ2) is 8.15. The monoisotopic (exact) mass is 434 g/mol. The molecule has 3 nitrogen and oxygen atoms in total. The third kappa shape index (κ3) is 4.28. The molecule has 0 aliphatic rings. The zero-order valence-corrected chi connectivity index (χ0v) is 20.0. The van der Waals surface area contributed by atoms with Gasteiger partial charge in [-0.1, -0.05) is 71.0 Å². The van der Waals surface area contributed by atoms with Crippen molar-refractivity contribution in [1.29, 1.82) is 0 Å². The Hall–Kier alpha value is -3.46. The summed E-state index contributed by atoms with van der Waals surface area (Å²) in [6.07, 6.45) is 2.60. The van der Waals surface area contributed by atoms with Crippen molar-refractivity contribution in [1.82, 2.24) is 9.97 Å². The first-order valence-electron chi connectivity index (χ1n) is 11.7. The van der Waals surface area contributed by atoms with Crippen LogP contribution in [0.4, 0.5) is 0 Å². The maximum Gasteiger partial charge on any atom is 0.134 e. The molecule has 3 heteroatoms. The van der Waals surface area contributed by atoms with E-state index in [1.165, 1.54) is 16.3 Å². The minimum Gasteiger partial charge on any atom is -0.461 e. The Labute approximate surface area is 195 Å². The molecule has 0 atom stereocenters. The van der Waals surface area contributed by atoms with Gasteiger partial charge in [0.2, 0.25) is 0 Å². The molecule has 0 radical (unpaired) electrons. The first-order chi connectivity index (χ1) is 15.8. The second-order valence-electron chi connectivity index (χ2n) is 10.3. The van der Waals surface area contributed by atoms with Gasteiger partial charge in [-0.3, -0.25) is 0 Å². The zero-order chi connectivity index (χ0) is 23.2. The number of aromatic nitrogens is 2. The molecule has 166 valence electrons. The van der Waals surface area contributed by atoms with E-state index in [2.05, 4.69) is 111 Å². The molecule has 33 heavy (non-hydrogen) atoms. The topological polar surface area (TPSA) is 38.9 Å². The second-order valence-corrected chi connectivity index (χ2v) is 10.3. The van der Waals surface area contributed by atoms with Crippen LogP contribution in [0.15, 0.2) is 77.5 Å². The lowest BCUT2D eigenvalue weighted by Gasteiger charge is -2.22. The third-order valence-electron chi connectivity index (χ3n) is 6.11. The van der Waals surface area contributed by atoms with Crippen molar-refractivity contribution in [3.8, 4) is 22.5 Å². The molecule has 5 aromatic rings. The Morgan fingerprint density at radius 1 is 0.788 bits per heavy atom. The van der Waals surface area contributed by atoms with E-state index in [4.69, 9.17) is 4.42 Å². The number of hydrogen-bond acceptors (Lipinski definition) is 3. The standard InChI is InChI=1S/C30H30N2O/c1-19(2)12-24-14-22-11-10-21(16-29(22)33-24)27-17-28(32-18-31-27)23-13-20-8-6-7-9-25(20)26(15-23)30(3,4)5/h6-11,13-19H,12H2,1-5H3. The fourth-order valence-electron chi connectivity index (χ4n) is 4.50. The SMILES string of the molecule is CC(C)Cc1cc2ccc(-c3cc(-c4cc(C(C)(C)C)c5ccccc5c4)ncn3)cc2o1. The van der Waals surface area contributed by atoms with E-state index >= 15 is 0 Å². The van der Waals surface area contributed by atoms with Crippen molar-refractivity contribution < 1.29 is 4.42 Å². The lowest BCUT2D eigenvalue weighted by molar-refractivity contribution is 0.500. The summed E-state index contributed by atoms with van der Waals surface area (Å²) in [7, 11) is 0. The molecule has 3 aromatic carbocycles. The summed E-state index contributed by atoms with van der Waals surface area (Å²) < 4.78 is 6.11. The van der Waals surface area contributed by atoms with E-state index in [0.29, 0.717) is 5.92 Å². The van der Waals surface area contributed by atoms with E-state index in [-0.39, 0.29) is 5.41 Å². The van der Waals surface area contributed by atoms with Crippen molar-refractivity contribution >= 4 is 21.7 Å². The molecule has 0 fully saturated rings. The first-order valence-corrected chi connectivity index (χ1v) is 11.7. The Bertz CT molecular complexity index is 1450. The number of hydrogen-bond donors (Lipinski definition) is 0. The van der Waals surface area contributed by atoms with Crippen LogP contribution in [0.25, 0.3) is 44.3 Å². The maximum absolute atomic E-state index is 6.11. The van der Waals surface area contributed by atoms with E-state index in [0.717, 1.165) is 45.7 Å². The molecule has 0 aliphatic heterocycles. The molecule has 5 rings (SSSR count). The highest BCUT2D eigenvalue weighted by Crippen LogP contribution is 2.35. The van der Waals surface area contributed by atoms with Crippen molar-refractivity contribution in [2.24, 2.45) is 5.92 Å². The van der Waals surface area contributed by atoms with Crippen molar-refractivity contribution in [3.63, 3.8) is 0 Å². The van der Waals surface area contributed by atoms with Gasteiger partial charge in [0.1, 0.15) is 17.7 Å². The minimum absolute atomic E-state index is 0.0312. The highest BCUT2D eigenvalue weighted by molar-refractivity contribution is 5.91.